The number of likely N-dealkylation sites (tertiary alicyclic amines) is 2. The number of imide groups is 1. The third kappa shape index (κ3) is 3.75. The average molecular weight is 387 g/mol. The van der Waals surface area contributed by atoms with Crippen molar-refractivity contribution in [3.05, 3.63) is 30.1 Å². The number of nitrogens with zero attached hydrogens (tertiary/aromatic N) is 2. The molecular formula is C21H26FN3O3. The van der Waals surface area contributed by atoms with Gasteiger partial charge in [-0.3, -0.25) is 19.3 Å². The predicted molar refractivity (Wildman–Crippen MR) is 102 cm³/mol. The first kappa shape index (κ1) is 18.9. The van der Waals surface area contributed by atoms with E-state index in [1.165, 1.54) is 17.0 Å². The van der Waals surface area contributed by atoms with Crippen LogP contribution in [-0.4, -0.2) is 53.2 Å². The minimum absolute atomic E-state index is 0.124. The monoisotopic (exact) mass is 387 g/mol. The summed E-state index contributed by atoms with van der Waals surface area (Å²) in [4.78, 5) is 40.7. The molecule has 2 atom stereocenters. The van der Waals surface area contributed by atoms with E-state index in [9.17, 15) is 18.8 Å². The van der Waals surface area contributed by atoms with E-state index in [4.69, 9.17) is 0 Å². The van der Waals surface area contributed by atoms with Gasteiger partial charge in [0, 0.05) is 24.8 Å². The van der Waals surface area contributed by atoms with Crippen molar-refractivity contribution in [2.24, 2.45) is 11.8 Å². The van der Waals surface area contributed by atoms with E-state index in [0.717, 1.165) is 44.2 Å². The van der Waals surface area contributed by atoms with Gasteiger partial charge in [0.25, 0.3) is 0 Å². The van der Waals surface area contributed by atoms with Crippen LogP contribution in [-0.2, 0) is 14.4 Å². The summed E-state index contributed by atoms with van der Waals surface area (Å²) in [6.45, 7) is 1.04. The smallest absolute Gasteiger partial charge is 0.242 e. The van der Waals surface area contributed by atoms with E-state index in [1.807, 2.05) is 0 Å². The number of rotatable bonds is 4. The van der Waals surface area contributed by atoms with Crippen molar-refractivity contribution >= 4 is 23.4 Å². The Morgan fingerprint density at radius 1 is 0.964 bits per heavy atom. The van der Waals surface area contributed by atoms with Gasteiger partial charge in [-0.25, -0.2) is 4.39 Å². The number of hydrogen-bond acceptors (Lipinski definition) is 4. The number of nitrogens with one attached hydrogen (secondary N) is 1. The SMILES string of the molecule is O=C(CN1C(=O)[C@H]2CCCC[C@@H]2C1=O)N1CCC(Nc2ccc(F)cc2)CC1. The minimum atomic E-state index is -0.267. The largest absolute Gasteiger partial charge is 0.382 e. The van der Waals surface area contributed by atoms with Crippen LogP contribution in [0.3, 0.4) is 0 Å². The molecule has 28 heavy (non-hydrogen) atoms. The third-order valence-corrected chi connectivity index (χ3v) is 6.29. The standard InChI is InChI=1S/C21H26FN3O3/c22-14-5-7-15(8-6-14)23-16-9-11-24(12-10-16)19(26)13-25-20(27)17-3-1-2-4-18(17)21(25)28/h5-8,16-18,23H,1-4,9-13H2/t17-,18-/m0/s1. The molecule has 1 N–H and O–H groups in total. The molecule has 4 rings (SSSR count). The van der Waals surface area contributed by atoms with Crippen LogP contribution < -0.4 is 5.32 Å². The fourth-order valence-electron chi connectivity index (χ4n) is 4.68. The number of anilines is 1. The second-order valence-corrected chi connectivity index (χ2v) is 8.07. The average Bonchev–Trinajstić information content (AvgIpc) is 2.95. The van der Waals surface area contributed by atoms with Crippen LogP contribution in [0.5, 0.6) is 0 Å². The van der Waals surface area contributed by atoms with Gasteiger partial charge >= 0.3 is 0 Å². The summed E-state index contributed by atoms with van der Waals surface area (Å²) in [5, 5.41) is 3.37. The molecule has 1 aromatic rings. The van der Waals surface area contributed by atoms with Crippen LogP contribution in [0.15, 0.2) is 24.3 Å². The Morgan fingerprint density at radius 2 is 1.54 bits per heavy atom. The molecule has 0 unspecified atom stereocenters. The highest BCUT2D eigenvalue weighted by atomic mass is 19.1. The second-order valence-electron chi connectivity index (χ2n) is 8.07. The highest BCUT2D eigenvalue weighted by Gasteiger charge is 2.48. The zero-order valence-electron chi connectivity index (χ0n) is 15.9. The van der Waals surface area contributed by atoms with Crippen molar-refractivity contribution in [1.29, 1.82) is 0 Å². The van der Waals surface area contributed by atoms with E-state index in [1.54, 1.807) is 17.0 Å². The Morgan fingerprint density at radius 3 is 2.11 bits per heavy atom. The first-order chi connectivity index (χ1) is 13.5. The van der Waals surface area contributed by atoms with Crippen LogP contribution in [0.4, 0.5) is 10.1 Å². The van der Waals surface area contributed by atoms with Crippen molar-refractivity contribution in [3.8, 4) is 0 Å². The summed E-state index contributed by atoms with van der Waals surface area (Å²) in [5.41, 5.74) is 0.863. The number of halogens is 1. The van der Waals surface area contributed by atoms with Crippen molar-refractivity contribution in [1.82, 2.24) is 9.80 Å². The van der Waals surface area contributed by atoms with Gasteiger partial charge in [0.1, 0.15) is 12.4 Å². The molecule has 2 saturated heterocycles. The normalized spacial score (nSPS) is 25.8. The van der Waals surface area contributed by atoms with Gasteiger partial charge in [-0.05, 0) is 49.9 Å². The van der Waals surface area contributed by atoms with Gasteiger partial charge in [0.05, 0.1) is 11.8 Å². The van der Waals surface area contributed by atoms with Gasteiger partial charge in [0.15, 0.2) is 0 Å². The van der Waals surface area contributed by atoms with Crippen molar-refractivity contribution in [3.63, 3.8) is 0 Å². The third-order valence-electron chi connectivity index (χ3n) is 6.29. The molecule has 0 bridgehead atoms. The second kappa shape index (κ2) is 7.89. The Balaban J connectivity index is 1.29. The lowest BCUT2D eigenvalue weighted by Gasteiger charge is -2.33. The molecule has 0 aromatic heterocycles. The number of benzene rings is 1. The van der Waals surface area contributed by atoms with Crippen LogP contribution in [0.2, 0.25) is 0 Å². The molecule has 1 saturated carbocycles. The molecule has 1 aliphatic carbocycles. The molecule has 0 spiro atoms. The summed E-state index contributed by atoms with van der Waals surface area (Å²) in [5.74, 6) is -1.15. The molecule has 7 heteroatoms. The Bertz CT molecular complexity index is 735. The van der Waals surface area contributed by atoms with E-state index >= 15 is 0 Å². The van der Waals surface area contributed by atoms with Gasteiger partial charge < -0.3 is 10.2 Å². The highest BCUT2D eigenvalue weighted by molar-refractivity contribution is 6.07. The lowest BCUT2D eigenvalue weighted by molar-refractivity contribution is -0.147. The van der Waals surface area contributed by atoms with Crippen molar-refractivity contribution in [2.75, 3.05) is 25.0 Å². The van der Waals surface area contributed by atoms with E-state index in [-0.39, 0.29) is 48.0 Å². The fourth-order valence-corrected chi connectivity index (χ4v) is 4.68. The molecule has 3 amide bonds. The molecule has 2 aliphatic heterocycles. The van der Waals surface area contributed by atoms with Gasteiger partial charge in [-0.1, -0.05) is 12.8 Å². The van der Waals surface area contributed by atoms with E-state index in [0.29, 0.717) is 13.1 Å². The maximum atomic E-state index is 13.0. The zero-order valence-corrected chi connectivity index (χ0v) is 15.9. The topological polar surface area (TPSA) is 69.7 Å². The van der Waals surface area contributed by atoms with Gasteiger partial charge in [-0.2, -0.15) is 0 Å². The van der Waals surface area contributed by atoms with Crippen LogP contribution in [0.25, 0.3) is 0 Å². The molecular weight excluding hydrogens is 361 g/mol. The van der Waals surface area contributed by atoms with Crippen LogP contribution in [0.1, 0.15) is 38.5 Å². The first-order valence-electron chi connectivity index (χ1n) is 10.2. The number of carbonyl (C=O) groups is 3. The Hall–Kier alpha value is -2.44. The van der Waals surface area contributed by atoms with Gasteiger partial charge in [0.2, 0.25) is 17.7 Å². The van der Waals surface area contributed by atoms with Crippen LogP contribution in [0, 0.1) is 17.7 Å². The predicted octanol–water partition coefficient (Wildman–Crippen LogP) is 2.40. The lowest BCUT2D eigenvalue weighted by Crippen LogP contribution is -2.47. The molecule has 3 fully saturated rings. The Labute approximate surface area is 164 Å². The molecule has 2 heterocycles. The lowest BCUT2D eigenvalue weighted by atomic mass is 9.81. The number of carbonyl (C=O) groups excluding carboxylic acids is 3. The van der Waals surface area contributed by atoms with E-state index < -0.39 is 0 Å². The minimum Gasteiger partial charge on any atom is -0.382 e. The number of hydrogen-bond donors (Lipinski definition) is 1. The maximum absolute atomic E-state index is 13.0. The number of fused-ring (bicyclic) bond motifs is 1. The molecule has 3 aliphatic rings. The van der Waals surface area contributed by atoms with Gasteiger partial charge in [-0.15, -0.1) is 0 Å². The summed E-state index contributed by atoms with van der Waals surface area (Å²) in [7, 11) is 0. The maximum Gasteiger partial charge on any atom is 0.242 e. The summed E-state index contributed by atoms with van der Waals surface area (Å²) in [6, 6.07) is 6.46. The first-order valence-corrected chi connectivity index (χ1v) is 10.2. The summed E-state index contributed by atoms with van der Waals surface area (Å²) < 4.78 is 13.0. The molecule has 6 nitrogen and oxygen atoms in total. The Kier molecular flexibility index (Phi) is 5.33. The van der Waals surface area contributed by atoms with Crippen LogP contribution >= 0.6 is 0 Å². The highest BCUT2D eigenvalue weighted by Crippen LogP contribution is 2.37. The fraction of sp³-hybridized carbons (Fsp3) is 0.571. The molecule has 150 valence electrons. The zero-order chi connectivity index (χ0) is 19.7. The number of amides is 3. The van der Waals surface area contributed by atoms with Crippen molar-refractivity contribution in [2.45, 2.75) is 44.6 Å². The van der Waals surface area contributed by atoms with E-state index in [2.05, 4.69) is 5.32 Å². The van der Waals surface area contributed by atoms with Crippen molar-refractivity contribution < 1.29 is 18.8 Å². The summed E-state index contributed by atoms with van der Waals surface area (Å²) >= 11 is 0. The molecule has 1 aromatic carbocycles. The number of piperidine rings is 1. The molecule has 0 radical (unpaired) electrons. The quantitative estimate of drug-likeness (QED) is 0.806. The summed E-state index contributed by atoms with van der Waals surface area (Å²) in [6.07, 6.45) is 5.04.